The van der Waals surface area contributed by atoms with Crippen LogP contribution in [0.1, 0.15) is 12.8 Å². The van der Waals surface area contributed by atoms with E-state index in [0.717, 1.165) is 11.6 Å². The Bertz CT molecular complexity index is 498. The Morgan fingerprint density at radius 1 is 1.50 bits per heavy atom. The number of hydrogen-bond acceptors (Lipinski definition) is 5. The number of carbonyl (C=O) groups excluding carboxylic acids is 1. The van der Waals surface area contributed by atoms with E-state index >= 15 is 0 Å². The molecule has 8 heteroatoms. The van der Waals surface area contributed by atoms with E-state index in [1.807, 2.05) is 0 Å². The first-order valence-electron chi connectivity index (χ1n) is 5.38. The third kappa shape index (κ3) is 4.01. The average Bonchev–Trinajstić information content (AvgIpc) is 2.96. The number of thiazole rings is 1. The minimum absolute atomic E-state index is 0.0321. The molecule has 1 amide bonds. The lowest BCUT2D eigenvalue weighted by atomic mass is 10.3. The molecule has 0 saturated heterocycles. The molecule has 0 fully saturated rings. The summed E-state index contributed by atoms with van der Waals surface area (Å²) in [6, 6.07) is 0. The van der Waals surface area contributed by atoms with Crippen LogP contribution in [0.25, 0.3) is 0 Å². The second kappa shape index (κ2) is 6.36. The summed E-state index contributed by atoms with van der Waals surface area (Å²) in [5.41, 5.74) is 0.680. The van der Waals surface area contributed by atoms with E-state index in [1.54, 1.807) is 18.6 Å². The summed E-state index contributed by atoms with van der Waals surface area (Å²) in [6.45, 7) is 0.683. The van der Waals surface area contributed by atoms with Gasteiger partial charge in [-0.15, -0.1) is 0 Å². The van der Waals surface area contributed by atoms with E-state index in [0.29, 0.717) is 23.0 Å². The Hall–Kier alpha value is -1.60. The molecule has 0 unspecified atom stereocenters. The number of aromatic amines is 1. The van der Waals surface area contributed by atoms with Gasteiger partial charge < -0.3 is 10.6 Å². The lowest BCUT2D eigenvalue weighted by molar-refractivity contribution is -0.116. The maximum atomic E-state index is 11.5. The van der Waals surface area contributed by atoms with Gasteiger partial charge in [-0.25, -0.2) is 4.98 Å². The minimum Gasteiger partial charge on any atom is -0.361 e. The number of nitrogens with zero attached hydrogens (tertiary/aromatic N) is 2. The van der Waals surface area contributed by atoms with Crippen LogP contribution in [0.5, 0.6) is 0 Å². The van der Waals surface area contributed by atoms with Crippen LogP contribution >= 0.6 is 22.9 Å². The van der Waals surface area contributed by atoms with Crippen molar-refractivity contribution in [3.8, 4) is 0 Å². The summed E-state index contributed by atoms with van der Waals surface area (Å²) in [6.07, 6.45) is 5.96. The van der Waals surface area contributed by atoms with Gasteiger partial charge >= 0.3 is 0 Å². The Morgan fingerprint density at radius 3 is 3.06 bits per heavy atom. The van der Waals surface area contributed by atoms with Crippen molar-refractivity contribution in [2.75, 3.05) is 17.2 Å². The molecule has 2 rings (SSSR count). The third-order valence-corrected chi connectivity index (χ3v) is 3.19. The van der Waals surface area contributed by atoms with Gasteiger partial charge in [0.1, 0.15) is 4.34 Å². The lowest BCUT2D eigenvalue weighted by Gasteiger charge is -2.03. The van der Waals surface area contributed by atoms with Crippen LogP contribution < -0.4 is 10.6 Å². The number of carbonyl (C=O) groups is 1. The normalized spacial score (nSPS) is 10.3. The maximum absolute atomic E-state index is 11.5. The number of amides is 1. The molecule has 6 nitrogen and oxygen atoms in total. The molecule has 0 aliphatic rings. The van der Waals surface area contributed by atoms with Crippen molar-refractivity contribution < 1.29 is 4.79 Å². The lowest BCUT2D eigenvalue weighted by Crippen LogP contribution is -2.12. The van der Waals surface area contributed by atoms with E-state index in [-0.39, 0.29) is 5.91 Å². The molecule has 0 spiro atoms. The van der Waals surface area contributed by atoms with E-state index < -0.39 is 0 Å². The zero-order valence-corrected chi connectivity index (χ0v) is 11.0. The Balaban J connectivity index is 1.62. The highest BCUT2D eigenvalue weighted by molar-refractivity contribution is 7.19. The van der Waals surface area contributed by atoms with Crippen molar-refractivity contribution in [3.05, 3.63) is 22.9 Å². The first-order chi connectivity index (χ1) is 8.74. The van der Waals surface area contributed by atoms with Gasteiger partial charge in [-0.05, 0) is 6.42 Å². The van der Waals surface area contributed by atoms with Crippen LogP contribution in [0.15, 0.2) is 18.6 Å². The summed E-state index contributed by atoms with van der Waals surface area (Å²) in [7, 11) is 0. The van der Waals surface area contributed by atoms with Gasteiger partial charge in [-0.3, -0.25) is 9.89 Å². The van der Waals surface area contributed by atoms with Crippen LogP contribution in [0, 0.1) is 0 Å². The molecule has 3 N–H and O–H groups in total. The van der Waals surface area contributed by atoms with Crippen molar-refractivity contribution >= 4 is 39.7 Å². The fourth-order valence-corrected chi connectivity index (χ4v) is 2.16. The third-order valence-electron chi connectivity index (χ3n) is 2.12. The van der Waals surface area contributed by atoms with Gasteiger partial charge in [0, 0.05) is 19.2 Å². The van der Waals surface area contributed by atoms with Crippen molar-refractivity contribution in [3.63, 3.8) is 0 Å². The fraction of sp³-hybridized carbons (Fsp3) is 0.300. The Morgan fingerprint density at radius 2 is 2.39 bits per heavy atom. The number of anilines is 2. The average molecular weight is 286 g/mol. The maximum Gasteiger partial charge on any atom is 0.224 e. The van der Waals surface area contributed by atoms with Gasteiger partial charge in [0.25, 0.3) is 0 Å². The number of aromatic nitrogens is 3. The largest absolute Gasteiger partial charge is 0.361 e. The van der Waals surface area contributed by atoms with Crippen LogP contribution in [0.4, 0.5) is 10.8 Å². The Labute approximate surface area is 113 Å². The molecule has 0 atom stereocenters. The predicted molar refractivity (Wildman–Crippen MR) is 72.1 cm³/mol. The standard InChI is InChI=1S/C10H12ClN5OS/c11-8-6-13-10(18-8)12-3-1-2-9(17)16-7-4-14-15-5-7/h4-6H,1-3H2,(H,12,13)(H,14,15)(H,16,17). The fourth-order valence-electron chi connectivity index (χ4n) is 1.32. The number of hydrogen-bond donors (Lipinski definition) is 3. The summed E-state index contributed by atoms with van der Waals surface area (Å²) >= 11 is 7.13. The van der Waals surface area contributed by atoms with Gasteiger partial charge in [0.2, 0.25) is 5.91 Å². The second-order valence-electron chi connectivity index (χ2n) is 3.54. The zero-order chi connectivity index (χ0) is 12.8. The highest BCUT2D eigenvalue weighted by Gasteiger charge is 2.03. The molecule has 0 aliphatic heterocycles. The topological polar surface area (TPSA) is 82.7 Å². The molecule has 2 aromatic heterocycles. The summed E-state index contributed by atoms with van der Waals surface area (Å²) in [4.78, 5) is 15.6. The zero-order valence-electron chi connectivity index (χ0n) is 9.44. The number of rotatable bonds is 6. The van der Waals surface area contributed by atoms with Crippen molar-refractivity contribution in [2.24, 2.45) is 0 Å². The summed E-state index contributed by atoms with van der Waals surface area (Å²) < 4.78 is 0.648. The molecule has 0 saturated carbocycles. The molecule has 2 aromatic rings. The molecule has 2 heterocycles. The number of nitrogens with one attached hydrogen (secondary N) is 3. The van der Waals surface area contributed by atoms with Crippen molar-refractivity contribution in [1.82, 2.24) is 15.2 Å². The van der Waals surface area contributed by atoms with Gasteiger partial charge in [-0.1, -0.05) is 22.9 Å². The van der Waals surface area contributed by atoms with Crippen molar-refractivity contribution in [2.45, 2.75) is 12.8 Å². The van der Waals surface area contributed by atoms with E-state index in [2.05, 4.69) is 25.8 Å². The van der Waals surface area contributed by atoms with Gasteiger partial charge in [-0.2, -0.15) is 5.10 Å². The van der Waals surface area contributed by atoms with Crippen LogP contribution in [0.2, 0.25) is 4.34 Å². The van der Waals surface area contributed by atoms with Crippen LogP contribution in [-0.2, 0) is 4.79 Å². The summed E-state index contributed by atoms with van der Waals surface area (Å²) in [5.74, 6) is -0.0321. The number of H-pyrrole nitrogens is 1. The van der Waals surface area contributed by atoms with Crippen LogP contribution in [0.3, 0.4) is 0 Å². The molecule has 0 aliphatic carbocycles. The van der Waals surface area contributed by atoms with Gasteiger partial charge in [0.05, 0.1) is 18.1 Å². The molecule has 0 radical (unpaired) electrons. The molecule has 18 heavy (non-hydrogen) atoms. The molecule has 0 aromatic carbocycles. The SMILES string of the molecule is O=C(CCCNc1ncc(Cl)s1)Nc1cn[nH]c1. The van der Waals surface area contributed by atoms with E-state index in [9.17, 15) is 4.79 Å². The highest BCUT2D eigenvalue weighted by atomic mass is 35.5. The van der Waals surface area contributed by atoms with Crippen molar-refractivity contribution in [1.29, 1.82) is 0 Å². The van der Waals surface area contributed by atoms with Crippen LogP contribution in [-0.4, -0.2) is 27.6 Å². The summed E-state index contributed by atoms with van der Waals surface area (Å²) in [5, 5.41) is 13.0. The molecular weight excluding hydrogens is 274 g/mol. The minimum atomic E-state index is -0.0321. The highest BCUT2D eigenvalue weighted by Crippen LogP contribution is 2.22. The molecule has 96 valence electrons. The Kier molecular flexibility index (Phi) is 4.54. The second-order valence-corrected chi connectivity index (χ2v) is 5.20. The van der Waals surface area contributed by atoms with E-state index in [1.165, 1.54) is 11.3 Å². The van der Waals surface area contributed by atoms with E-state index in [4.69, 9.17) is 11.6 Å². The number of halogens is 1. The predicted octanol–water partition coefficient (Wildman–Crippen LogP) is 2.35. The molecule has 0 bridgehead atoms. The monoisotopic (exact) mass is 285 g/mol. The smallest absolute Gasteiger partial charge is 0.224 e. The molecular formula is C10H12ClN5OS. The first-order valence-corrected chi connectivity index (χ1v) is 6.57. The first kappa shape index (κ1) is 12.8. The van der Waals surface area contributed by atoms with Gasteiger partial charge in [0.15, 0.2) is 5.13 Å². The quantitative estimate of drug-likeness (QED) is 0.712.